The number of hydrogen-bond donors (Lipinski definition) is 0. The minimum atomic E-state index is -3.98. The van der Waals surface area contributed by atoms with Gasteiger partial charge in [0.25, 0.3) is 0 Å². The lowest BCUT2D eigenvalue weighted by Crippen LogP contribution is -2.10. The zero-order chi connectivity index (χ0) is 18.4. The molecule has 0 radical (unpaired) electrons. The molecule has 6 nitrogen and oxygen atoms in total. The second-order valence-electron chi connectivity index (χ2n) is 5.12. The summed E-state index contributed by atoms with van der Waals surface area (Å²) in [6.45, 7) is 1.86. The standard InChI is InChI=1S/C18H18O6S/c1-13-4-8-15(9-5-13)25(20,21)24-16-10-6-14(12-17(16)22-2)7-11-18(19)23-3/h4-12H,1-3H3/b11-7+. The van der Waals surface area contributed by atoms with Crippen LogP contribution in [0.5, 0.6) is 11.5 Å². The van der Waals surface area contributed by atoms with Crippen molar-refractivity contribution in [2.24, 2.45) is 0 Å². The van der Waals surface area contributed by atoms with Crippen molar-refractivity contribution in [3.63, 3.8) is 0 Å². The minimum absolute atomic E-state index is 0.0508. The molecule has 0 aliphatic heterocycles. The van der Waals surface area contributed by atoms with Crippen molar-refractivity contribution >= 4 is 22.2 Å². The number of methoxy groups -OCH3 is 2. The lowest BCUT2D eigenvalue weighted by Gasteiger charge is -2.11. The molecule has 0 N–H and O–H groups in total. The van der Waals surface area contributed by atoms with Gasteiger partial charge in [0, 0.05) is 6.08 Å². The first-order chi connectivity index (χ1) is 11.9. The Kier molecular flexibility index (Phi) is 5.82. The maximum atomic E-state index is 12.4. The van der Waals surface area contributed by atoms with E-state index in [-0.39, 0.29) is 16.4 Å². The number of carbonyl (C=O) groups excluding carboxylic acids is 1. The van der Waals surface area contributed by atoms with Gasteiger partial charge in [0.15, 0.2) is 11.5 Å². The summed E-state index contributed by atoms with van der Waals surface area (Å²) in [5, 5.41) is 0. The molecule has 0 aliphatic carbocycles. The number of ether oxygens (including phenoxy) is 2. The quantitative estimate of drug-likeness (QED) is 0.447. The summed E-state index contributed by atoms with van der Waals surface area (Å²) in [7, 11) is -1.30. The fourth-order valence-corrected chi connectivity index (χ4v) is 2.90. The van der Waals surface area contributed by atoms with Crippen LogP contribution in [-0.2, 0) is 19.6 Å². The molecule has 132 valence electrons. The van der Waals surface area contributed by atoms with E-state index >= 15 is 0 Å². The third kappa shape index (κ3) is 4.84. The van der Waals surface area contributed by atoms with Crippen LogP contribution in [0.3, 0.4) is 0 Å². The van der Waals surface area contributed by atoms with Crippen molar-refractivity contribution in [1.29, 1.82) is 0 Å². The Balaban J connectivity index is 2.28. The molecule has 0 atom stereocenters. The number of carbonyl (C=O) groups is 1. The Morgan fingerprint density at radius 1 is 1.00 bits per heavy atom. The Labute approximate surface area is 146 Å². The average molecular weight is 362 g/mol. The fraction of sp³-hybridized carbons (Fsp3) is 0.167. The van der Waals surface area contributed by atoms with Crippen molar-refractivity contribution in [2.45, 2.75) is 11.8 Å². The van der Waals surface area contributed by atoms with Gasteiger partial charge in [0.05, 0.1) is 14.2 Å². The molecule has 0 heterocycles. The van der Waals surface area contributed by atoms with Gasteiger partial charge in [-0.05, 0) is 42.8 Å². The molecule has 0 saturated carbocycles. The van der Waals surface area contributed by atoms with Crippen molar-refractivity contribution in [1.82, 2.24) is 0 Å². The predicted molar refractivity (Wildman–Crippen MR) is 93.0 cm³/mol. The number of hydrogen-bond acceptors (Lipinski definition) is 6. The van der Waals surface area contributed by atoms with Gasteiger partial charge in [-0.2, -0.15) is 8.42 Å². The van der Waals surface area contributed by atoms with Gasteiger partial charge in [-0.25, -0.2) is 4.79 Å². The van der Waals surface area contributed by atoms with Crippen LogP contribution in [0.4, 0.5) is 0 Å². The molecule has 0 fully saturated rings. The van der Waals surface area contributed by atoms with E-state index in [1.807, 2.05) is 6.92 Å². The van der Waals surface area contributed by atoms with E-state index in [4.69, 9.17) is 8.92 Å². The van der Waals surface area contributed by atoms with Gasteiger partial charge >= 0.3 is 16.1 Å². The summed E-state index contributed by atoms with van der Waals surface area (Å²) in [6, 6.07) is 10.9. The SMILES string of the molecule is COC(=O)/C=C/c1ccc(OS(=O)(=O)c2ccc(C)cc2)c(OC)c1. The van der Waals surface area contributed by atoms with E-state index in [1.54, 1.807) is 24.3 Å². The maximum absolute atomic E-state index is 12.4. The lowest BCUT2D eigenvalue weighted by molar-refractivity contribution is -0.134. The zero-order valence-corrected chi connectivity index (χ0v) is 14.9. The Morgan fingerprint density at radius 2 is 1.68 bits per heavy atom. The number of rotatable bonds is 6. The summed E-state index contributed by atoms with van der Waals surface area (Å²) >= 11 is 0. The monoisotopic (exact) mass is 362 g/mol. The second kappa shape index (κ2) is 7.85. The predicted octanol–water partition coefficient (Wildman–Crippen LogP) is 2.96. The molecule has 0 unspecified atom stereocenters. The third-order valence-corrected chi connectivity index (χ3v) is 4.56. The van der Waals surface area contributed by atoms with Crippen LogP contribution in [0.2, 0.25) is 0 Å². The minimum Gasteiger partial charge on any atom is -0.493 e. The summed E-state index contributed by atoms with van der Waals surface area (Å²) in [6.07, 6.45) is 2.77. The van der Waals surface area contributed by atoms with Crippen molar-refractivity contribution in [3.8, 4) is 11.5 Å². The topological polar surface area (TPSA) is 78.9 Å². The molecule has 25 heavy (non-hydrogen) atoms. The van der Waals surface area contributed by atoms with Gasteiger partial charge in [-0.15, -0.1) is 0 Å². The molecule has 2 aromatic carbocycles. The summed E-state index contributed by atoms with van der Waals surface area (Å²) in [5.74, 6) is -0.220. The number of esters is 1. The molecule has 0 aliphatic rings. The van der Waals surface area contributed by atoms with Crippen LogP contribution < -0.4 is 8.92 Å². The van der Waals surface area contributed by atoms with Crippen LogP contribution >= 0.6 is 0 Å². The Hall–Kier alpha value is -2.80. The summed E-state index contributed by atoms with van der Waals surface area (Å²) in [4.78, 5) is 11.2. The number of benzene rings is 2. The van der Waals surface area contributed by atoms with Gasteiger partial charge in [0.2, 0.25) is 0 Å². The van der Waals surface area contributed by atoms with Crippen LogP contribution in [0.1, 0.15) is 11.1 Å². The largest absolute Gasteiger partial charge is 0.493 e. The fourth-order valence-electron chi connectivity index (χ4n) is 1.96. The Bertz CT molecular complexity index is 882. The van der Waals surface area contributed by atoms with E-state index in [0.717, 1.165) is 5.56 Å². The van der Waals surface area contributed by atoms with Crippen LogP contribution in [0.25, 0.3) is 6.08 Å². The highest BCUT2D eigenvalue weighted by atomic mass is 32.2. The molecule has 2 rings (SSSR count). The molecule has 0 bridgehead atoms. The summed E-state index contributed by atoms with van der Waals surface area (Å²) < 4.78 is 39.6. The lowest BCUT2D eigenvalue weighted by atomic mass is 10.2. The van der Waals surface area contributed by atoms with E-state index in [1.165, 1.54) is 44.6 Å². The van der Waals surface area contributed by atoms with Gasteiger partial charge in [0.1, 0.15) is 4.90 Å². The molecule has 0 spiro atoms. The van der Waals surface area contributed by atoms with Crippen molar-refractivity contribution in [3.05, 3.63) is 59.7 Å². The molecule has 0 aromatic heterocycles. The van der Waals surface area contributed by atoms with Crippen molar-refractivity contribution < 1.29 is 26.9 Å². The highest BCUT2D eigenvalue weighted by Crippen LogP contribution is 2.31. The zero-order valence-electron chi connectivity index (χ0n) is 14.1. The molecule has 0 amide bonds. The average Bonchev–Trinajstić information content (AvgIpc) is 2.60. The third-order valence-electron chi connectivity index (χ3n) is 3.31. The maximum Gasteiger partial charge on any atom is 0.339 e. The molecule has 0 saturated heterocycles. The first kappa shape index (κ1) is 18.5. The molecule has 7 heteroatoms. The molecular weight excluding hydrogens is 344 g/mol. The smallest absolute Gasteiger partial charge is 0.339 e. The highest BCUT2D eigenvalue weighted by Gasteiger charge is 2.19. The molecule has 2 aromatic rings. The van der Waals surface area contributed by atoms with Crippen LogP contribution in [0.15, 0.2) is 53.4 Å². The highest BCUT2D eigenvalue weighted by molar-refractivity contribution is 7.87. The molecular formula is C18H18O6S. The van der Waals surface area contributed by atoms with E-state index < -0.39 is 16.1 Å². The number of aryl methyl sites for hydroxylation is 1. The first-order valence-electron chi connectivity index (χ1n) is 7.31. The van der Waals surface area contributed by atoms with E-state index in [9.17, 15) is 13.2 Å². The van der Waals surface area contributed by atoms with Gasteiger partial charge in [-0.1, -0.05) is 23.8 Å². The first-order valence-corrected chi connectivity index (χ1v) is 8.72. The summed E-state index contributed by atoms with van der Waals surface area (Å²) in [5.41, 5.74) is 1.57. The van der Waals surface area contributed by atoms with Crippen LogP contribution in [-0.4, -0.2) is 28.6 Å². The van der Waals surface area contributed by atoms with Gasteiger partial charge < -0.3 is 13.7 Å². The van der Waals surface area contributed by atoms with Gasteiger partial charge in [-0.3, -0.25) is 0 Å². The van der Waals surface area contributed by atoms with Crippen molar-refractivity contribution in [2.75, 3.05) is 14.2 Å². The van der Waals surface area contributed by atoms with E-state index in [0.29, 0.717) is 5.56 Å². The normalized spacial score (nSPS) is 11.3. The van der Waals surface area contributed by atoms with Crippen LogP contribution in [0, 0.1) is 6.92 Å². The van der Waals surface area contributed by atoms with E-state index in [2.05, 4.69) is 4.74 Å². The Morgan fingerprint density at radius 3 is 2.28 bits per heavy atom. The second-order valence-corrected chi connectivity index (χ2v) is 6.66.